The van der Waals surface area contributed by atoms with E-state index < -0.39 is 0 Å². The summed E-state index contributed by atoms with van der Waals surface area (Å²) in [6.07, 6.45) is 3.53. The lowest BCUT2D eigenvalue weighted by atomic mass is 10.1. The Morgan fingerprint density at radius 1 is 1.00 bits per heavy atom. The molecule has 4 nitrogen and oxygen atoms in total. The molecule has 0 atom stereocenters. The molecule has 2 aromatic rings. The van der Waals surface area contributed by atoms with E-state index >= 15 is 0 Å². The number of rotatable bonds is 8. The molecule has 0 saturated heterocycles. The van der Waals surface area contributed by atoms with Gasteiger partial charge in [0.05, 0.1) is 6.61 Å². The topological polar surface area (TPSA) is 47.6 Å². The van der Waals surface area contributed by atoms with E-state index in [1.54, 1.807) is 0 Å². The van der Waals surface area contributed by atoms with E-state index in [1.807, 2.05) is 48.5 Å². The van der Waals surface area contributed by atoms with Gasteiger partial charge in [-0.15, -0.1) is 0 Å². The van der Waals surface area contributed by atoms with Crippen molar-refractivity contribution in [3.63, 3.8) is 0 Å². The lowest BCUT2D eigenvalue weighted by molar-refractivity contribution is -0.118. The average Bonchev–Trinajstić information content (AvgIpc) is 3.44. The van der Waals surface area contributed by atoms with Crippen LogP contribution in [0.25, 0.3) is 0 Å². The Bertz CT molecular complexity index is 660. The summed E-state index contributed by atoms with van der Waals surface area (Å²) in [6.45, 7) is 2.88. The molecule has 126 valence electrons. The normalized spacial score (nSPS) is 13.4. The van der Waals surface area contributed by atoms with Crippen molar-refractivity contribution < 1.29 is 14.3 Å². The second-order valence-electron chi connectivity index (χ2n) is 6.11. The summed E-state index contributed by atoms with van der Waals surface area (Å²) in [5, 5.41) is 2.83. The van der Waals surface area contributed by atoms with Crippen LogP contribution in [0.5, 0.6) is 11.5 Å². The first kappa shape index (κ1) is 16.4. The largest absolute Gasteiger partial charge is 0.493 e. The molecule has 0 aliphatic heterocycles. The number of carbonyl (C=O) groups is 1. The molecule has 3 rings (SSSR count). The molecule has 0 bridgehead atoms. The van der Waals surface area contributed by atoms with Crippen molar-refractivity contribution in [1.29, 1.82) is 0 Å². The van der Waals surface area contributed by atoms with Crippen LogP contribution in [-0.2, 0) is 11.2 Å². The third-order valence-corrected chi connectivity index (χ3v) is 4.02. The Balaban J connectivity index is 1.42. The molecule has 1 N–H and O–H groups in total. The molecule has 1 fully saturated rings. The highest BCUT2D eigenvalue weighted by molar-refractivity contribution is 5.91. The maximum Gasteiger partial charge on any atom is 0.262 e. The maximum absolute atomic E-state index is 11.9. The number of aryl methyl sites for hydroxylation is 1. The molecule has 0 aromatic heterocycles. The zero-order valence-electron chi connectivity index (χ0n) is 14.0. The summed E-state index contributed by atoms with van der Waals surface area (Å²) in [6, 6.07) is 15.2. The quantitative estimate of drug-likeness (QED) is 0.796. The molecule has 0 spiro atoms. The fourth-order valence-corrected chi connectivity index (χ4v) is 2.30. The van der Waals surface area contributed by atoms with Crippen molar-refractivity contribution in [2.75, 3.05) is 18.5 Å². The molecule has 0 heterocycles. The van der Waals surface area contributed by atoms with Gasteiger partial charge in [-0.05, 0) is 67.1 Å². The third-order valence-electron chi connectivity index (χ3n) is 4.02. The van der Waals surface area contributed by atoms with Crippen molar-refractivity contribution in [2.24, 2.45) is 5.92 Å². The zero-order chi connectivity index (χ0) is 16.8. The van der Waals surface area contributed by atoms with Gasteiger partial charge in [-0.25, -0.2) is 0 Å². The van der Waals surface area contributed by atoms with Gasteiger partial charge >= 0.3 is 0 Å². The van der Waals surface area contributed by atoms with Gasteiger partial charge in [-0.3, -0.25) is 4.79 Å². The summed E-state index contributed by atoms with van der Waals surface area (Å²) in [5.41, 5.74) is 2.03. The molecule has 1 amide bonds. The number of hydrogen-bond acceptors (Lipinski definition) is 3. The molecular formula is C20H23NO3. The summed E-state index contributed by atoms with van der Waals surface area (Å²) < 4.78 is 11.2. The highest BCUT2D eigenvalue weighted by Gasteiger charge is 2.21. The first-order chi connectivity index (χ1) is 11.7. The van der Waals surface area contributed by atoms with E-state index in [0.717, 1.165) is 30.4 Å². The van der Waals surface area contributed by atoms with Gasteiger partial charge in [-0.1, -0.05) is 19.1 Å². The Morgan fingerprint density at radius 2 is 1.62 bits per heavy atom. The van der Waals surface area contributed by atoms with E-state index in [2.05, 4.69) is 12.2 Å². The fraction of sp³-hybridized carbons (Fsp3) is 0.350. The predicted molar refractivity (Wildman–Crippen MR) is 94.6 cm³/mol. The Labute approximate surface area is 142 Å². The van der Waals surface area contributed by atoms with Crippen LogP contribution in [0.1, 0.15) is 25.3 Å². The zero-order valence-corrected chi connectivity index (χ0v) is 14.0. The molecule has 0 unspecified atom stereocenters. The summed E-state index contributed by atoms with van der Waals surface area (Å²) >= 11 is 0. The predicted octanol–water partition coefficient (Wildman–Crippen LogP) is 4.06. The van der Waals surface area contributed by atoms with Gasteiger partial charge in [0.25, 0.3) is 5.91 Å². The van der Waals surface area contributed by atoms with Crippen LogP contribution in [0.3, 0.4) is 0 Å². The van der Waals surface area contributed by atoms with Crippen molar-refractivity contribution >= 4 is 11.6 Å². The second-order valence-corrected chi connectivity index (χ2v) is 6.11. The van der Waals surface area contributed by atoms with E-state index in [4.69, 9.17) is 9.47 Å². The van der Waals surface area contributed by atoms with Gasteiger partial charge in [0.15, 0.2) is 6.61 Å². The van der Waals surface area contributed by atoms with Crippen LogP contribution in [-0.4, -0.2) is 19.1 Å². The third kappa shape index (κ3) is 5.01. The van der Waals surface area contributed by atoms with Crippen LogP contribution in [0.15, 0.2) is 48.5 Å². The van der Waals surface area contributed by atoms with Crippen LogP contribution in [0.2, 0.25) is 0 Å². The number of hydrogen-bond donors (Lipinski definition) is 1. The Morgan fingerprint density at radius 3 is 2.21 bits per heavy atom. The summed E-state index contributed by atoms with van der Waals surface area (Å²) in [4.78, 5) is 11.9. The number of benzene rings is 2. The van der Waals surface area contributed by atoms with Gasteiger partial charge < -0.3 is 14.8 Å². The SMILES string of the molecule is CCc1ccc(NC(=O)COc2ccc(OCC3CC3)cc2)cc1. The molecular weight excluding hydrogens is 302 g/mol. The number of carbonyl (C=O) groups excluding carboxylic acids is 1. The lowest BCUT2D eigenvalue weighted by Gasteiger charge is -2.09. The number of anilines is 1. The van der Waals surface area contributed by atoms with E-state index in [0.29, 0.717) is 5.75 Å². The molecule has 1 aliphatic rings. The van der Waals surface area contributed by atoms with Crippen LogP contribution in [0.4, 0.5) is 5.69 Å². The van der Waals surface area contributed by atoms with Crippen LogP contribution < -0.4 is 14.8 Å². The molecule has 0 radical (unpaired) electrons. The van der Waals surface area contributed by atoms with Crippen LogP contribution >= 0.6 is 0 Å². The van der Waals surface area contributed by atoms with Gasteiger partial charge in [0.1, 0.15) is 11.5 Å². The smallest absolute Gasteiger partial charge is 0.262 e. The van der Waals surface area contributed by atoms with Crippen molar-refractivity contribution in [1.82, 2.24) is 0 Å². The van der Waals surface area contributed by atoms with Crippen molar-refractivity contribution in [2.45, 2.75) is 26.2 Å². The first-order valence-electron chi connectivity index (χ1n) is 8.47. The number of nitrogens with one attached hydrogen (secondary N) is 1. The van der Waals surface area contributed by atoms with Crippen molar-refractivity contribution in [3.8, 4) is 11.5 Å². The fourth-order valence-electron chi connectivity index (χ4n) is 2.30. The van der Waals surface area contributed by atoms with E-state index in [9.17, 15) is 4.79 Å². The molecule has 1 saturated carbocycles. The van der Waals surface area contributed by atoms with Gasteiger partial charge in [0.2, 0.25) is 0 Å². The first-order valence-corrected chi connectivity index (χ1v) is 8.47. The molecule has 24 heavy (non-hydrogen) atoms. The summed E-state index contributed by atoms with van der Waals surface area (Å²) in [7, 11) is 0. The monoisotopic (exact) mass is 325 g/mol. The minimum atomic E-state index is -0.173. The lowest BCUT2D eigenvalue weighted by Crippen LogP contribution is -2.20. The molecule has 2 aromatic carbocycles. The standard InChI is InChI=1S/C20H23NO3/c1-2-15-5-7-17(8-6-15)21-20(22)14-24-19-11-9-18(10-12-19)23-13-16-3-4-16/h5-12,16H,2-4,13-14H2,1H3,(H,21,22). The maximum atomic E-state index is 11.9. The highest BCUT2D eigenvalue weighted by atomic mass is 16.5. The molecule has 4 heteroatoms. The highest BCUT2D eigenvalue weighted by Crippen LogP contribution is 2.29. The average molecular weight is 325 g/mol. The second kappa shape index (κ2) is 7.86. The minimum Gasteiger partial charge on any atom is -0.493 e. The van der Waals surface area contributed by atoms with Crippen molar-refractivity contribution in [3.05, 3.63) is 54.1 Å². The Hall–Kier alpha value is -2.49. The minimum absolute atomic E-state index is 0.0161. The van der Waals surface area contributed by atoms with Gasteiger partial charge in [0, 0.05) is 5.69 Å². The number of ether oxygens (including phenoxy) is 2. The van der Waals surface area contributed by atoms with E-state index in [1.165, 1.54) is 18.4 Å². The van der Waals surface area contributed by atoms with Gasteiger partial charge in [-0.2, -0.15) is 0 Å². The number of amides is 1. The Kier molecular flexibility index (Phi) is 5.36. The molecule has 1 aliphatic carbocycles. The van der Waals surface area contributed by atoms with E-state index in [-0.39, 0.29) is 12.5 Å². The summed E-state index contributed by atoms with van der Waals surface area (Å²) in [5.74, 6) is 2.06. The van der Waals surface area contributed by atoms with Crippen LogP contribution in [0, 0.1) is 5.92 Å².